The number of carbonyl (C=O) groups is 1. The van der Waals surface area contributed by atoms with Gasteiger partial charge in [0.1, 0.15) is 0 Å². The molecule has 0 amide bonds. The normalized spacial score (nSPS) is 12.4. The largest absolute Gasteiger partial charge is 0.477 e. The lowest BCUT2D eigenvalue weighted by Crippen LogP contribution is -2.27. The first-order valence-electron chi connectivity index (χ1n) is 6.01. The Labute approximate surface area is 111 Å². The van der Waals surface area contributed by atoms with E-state index in [-0.39, 0.29) is 5.69 Å². The molecule has 100 valence electrons. The van der Waals surface area contributed by atoms with Crippen LogP contribution >= 0.6 is 0 Å². The lowest BCUT2D eigenvalue weighted by molar-refractivity contribution is 0.0691. The van der Waals surface area contributed by atoms with Gasteiger partial charge in [-0.25, -0.2) is 9.78 Å². The van der Waals surface area contributed by atoms with Gasteiger partial charge in [0.2, 0.25) is 0 Å². The maximum atomic E-state index is 11.1. The van der Waals surface area contributed by atoms with Crippen molar-refractivity contribution in [3.8, 4) is 0 Å². The number of pyridine rings is 1. The topological polar surface area (TPSA) is 73.7 Å². The highest BCUT2D eigenvalue weighted by atomic mass is 16.4. The van der Waals surface area contributed by atoms with Crippen LogP contribution in [-0.4, -0.2) is 40.9 Å². The Hall–Kier alpha value is -2.14. The van der Waals surface area contributed by atoms with Gasteiger partial charge in [0.15, 0.2) is 5.69 Å². The van der Waals surface area contributed by atoms with Crippen molar-refractivity contribution in [1.29, 1.82) is 0 Å². The molecule has 2 aromatic rings. The third-order valence-corrected chi connectivity index (χ3v) is 2.86. The van der Waals surface area contributed by atoms with Crippen LogP contribution in [0.2, 0.25) is 0 Å². The number of rotatable bonds is 4. The third-order valence-electron chi connectivity index (χ3n) is 2.86. The molecule has 1 heterocycles. The van der Waals surface area contributed by atoms with Crippen LogP contribution in [0.25, 0.3) is 10.9 Å². The predicted octanol–water partition coefficient (Wildman–Crippen LogP) is 1.75. The van der Waals surface area contributed by atoms with Crippen LogP contribution in [0.5, 0.6) is 0 Å². The zero-order chi connectivity index (χ0) is 14.0. The van der Waals surface area contributed by atoms with Crippen LogP contribution in [0.15, 0.2) is 30.3 Å². The molecule has 0 spiro atoms. The summed E-state index contributed by atoms with van der Waals surface area (Å²) in [5.41, 5.74) is 1.39. The van der Waals surface area contributed by atoms with Crippen molar-refractivity contribution in [3.63, 3.8) is 0 Å². The molecule has 1 aromatic carbocycles. The molecule has 1 unspecified atom stereocenters. The first-order chi connectivity index (χ1) is 8.99. The summed E-state index contributed by atoms with van der Waals surface area (Å²) in [7, 11) is 1.82. The lowest BCUT2D eigenvalue weighted by Gasteiger charge is -2.22. The Morgan fingerprint density at radius 3 is 2.74 bits per heavy atom. The number of aliphatic hydroxyl groups is 1. The molecular formula is C14H16N2O3. The molecular weight excluding hydrogens is 244 g/mol. The van der Waals surface area contributed by atoms with Crippen LogP contribution in [0.3, 0.4) is 0 Å². The second-order valence-electron chi connectivity index (χ2n) is 4.58. The molecule has 19 heavy (non-hydrogen) atoms. The molecule has 0 aliphatic heterocycles. The zero-order valence-corrected chi connectivity index (χ0v) is 10.9. The van der Waals surface area contributed by atoms with Crippen LogP contribution in [0.1, 0.15) is 17.4 Å². The Morgan fingerprint density at radius 1 is 1.42 bits per heavy atom. The number of para-hydroxylation sites is 1. The average molecular weight is 260 g/mol. The van der Waals surface area contributed by atoms with Gasteiger partial charge in [-0.1, -0.05) is 18.2 Å². The molecule has 5 heteroatoms. The summed E-state index contributed by atoms with van der Waals surface area (Å²) in [5, 5.41) is 19.4. The van der Waals surface area contributed by atoms with Gasteiger partial charge in [-0.05, 0) is 19.1 Å². The van der Waals surface area contributed by atoms with E-state index in [1.165, 1.54) is 6.07 Å². The number of nitrogens with zero attached hydrogens (tertiary/aromatic N) is 2. The van der Waals surface area contributed by atoms with E-state index in [0.29, 0.717) is 12.1 Å². The third kappa shape index (κ3) is 2.82. The number of anilines is 1. The fraction of sp³-hybridized carbons (Fsp3) is 0.286. The van der Waals surface area contributed by atoms with Crippen molar-refractivity contribution < 1.29 is 15.0 Å². The quantitative estimate of drug-likeness (QED) is 0.876. The van der Waals surface area contributed by atoms with E-state index in [0.717, 1.165) is 11.1 Å². The smallest absolute Gasteiger partial charge is 0.354 e. The summed E-state index contributed by atoms with van der Waals surface area (Å²) in [6, 6.07) is 8.90. The predicted molar refractivity (Wildman–Crippen MR) is 73.7 cm³/mol. The van der Waals surface area contributed by atoms with Crippen molar-refractivity contribution in [3.05, 3.63) is 36.0 Å². The number of hydrogen-bond donors (Lipinski definition) is 2. The molecule has 0 fully saturated rings. The number of fused-ring (bicyclic) bond motifs is 1. The van der Waals surface area contributed by atoms with Gasteiger partial charge in [-0.3, -0.25) is 0 Å². The van der Waals surface area contributed by atoms with Gasteiger partial charge >= 0.3 is 5.97 Å². The molecule has 2 N–H and O–H groups in total. The van der Waals surface area contributed by atoms with Crippen molar-refractivity contribution in [2.45, 2.75) is 13.0 Å². The molecule has 0 saturated heterocycles. The molecule has 0 aliphatic rings. The second-order valence-corrected chi connectivity index (χ2v) is 4.58. The van der Waals surface area contributed by atoms with Crippen LogP contribution < -0.4 is 4.90 Å². The second kappa shape index (κ2) is 5.24. The highest BCUT2D eigenvalue weighted by Gasteiger charge is 2.14. The molecule has 2 rings (SSSR count). The number of benzene rings is 1. The van der Waals surface area contributed by atoms with Gasteiger partial charge in [0.25, 0.3) is 0 Å². The number of carboxylic acid groups (broad SMARTS) is 1. The summed E-state index contributed by atoms with van der Waals surface area (Å²) in [6.45, 7) is 2.12. The van der Waals surface area contributed by atoms with E-state index >= 15 is 0 Å². The molecule has 0 saturated carbocycles. The van der Waals surface area contributed by atoms with Gasteiger partial charge in [-0.15, -0.1) is 0 Å². The Morgan fingerprint density at radius 2 is 2.11 bits per heavy atom. The molecule has 1 atom stereocenters. The van der Waals surface area contributed by atoms with Crippen LogP contribution in [0, 0.1) is 0 Å². The summed E-state index contributed by atoms with van der Waals surface area (Å²) >= 11 is 0. The van der Waals surface area contributed by atoms with Crippen LogP contribution in [0.4, 0.5) is 5.69 Å². The number of aliphatic hydroxyl groups excluding tert-OH is 1. The van der Waals surface area contributed by atoms with Gasteiger partial charge in [0.05, 0.1) is 11.6 Å². The number of aromatic nitrogens is 1. The number of hydrogen-bond acceptors (Lipinski definition) is 4. The van der Waals surface area contributed by atoms with E-state index in [1.807, 2.05) is 30.1 Å². The summed E-state index contributed by atoms with van der Waals surface area (Å²) in [5.74, 6) is -1.06. The molecule has 0 aliphatic carbocycles. The maximum Gasteiger partial charge on any atom is 0.354 e. The van der Waals surface area contributed by atoms with Crippen molar-refractivity contribution in [2.75, 3.05) is 18.5 Å². The molecule has 5 nitrogen and oxygen atoms in total. The molecule has 1 aromatic heterocycles. The number of aromatic carboxylic acids is 1. The highest BCUT2D eigenvalue weighted by molar-refractivity contribution is 5.97. The van der Waals surface area contributed by atoms with Crippen molar-refractivity contribution in [2.24, 2.45) is 0 Å². The number of carboxylic acids is 1. The zero-order valence-electron chi connectivity index (χ0n) is 10.9. The van der Waals surface area contributed by atoms with E-state index in [4.69, 9.17) is 5.11 Å². The number of likely N-dealkylation sites (N-methyl/N-ethyl adjacent to an activating group) is 1. The first kappa shape index (κ1) is 13.3. The van der Waals surface area contributed by atoms with Crippen LogP contribution in [-0.2, 0) is 0 Å². The monoisotopic (exact) mass is 260 g/mol. The van der Waals surface area contributed by atoms with E-state index < -0.39 is 12.1 Å². The molecule has 0 bridgehead atoms. The fourth-order valence-corrected chi connectivity index (χ4v) is 2.08. The summed E-state index contributed by atoms with van der Waals surface area (Å²) < 4.78 is 0. The van der Waals surface area contributed by atoms with E-state index in [1.54, 1.807) is 13.0 Å². The first-order valence-corrected chi connectivity index (χ1v) is 6.01. The summed E-state index contributed by atoms with van der Waals surface area (Å²) in [6.07, 6.45) is -0.495. The maximum absolute atomic E-state index is 11.1. The van der Waals surface area contributed by atoms with Gasteiger partial charge in [0, 0.05) is 24.7 Å². The SMILES string of the molecule is CC(O)CN(C)c1cc(C(=O)O)nc2ccccc12. The van der Waals surface area contributed by atoms with Gasteiger partial charge < -0.3 is 15.1 Å². The molecule has 0 radical (unpaired) electrons. The fourth-order valence-electron chi connectivity index (χ4n) is 2.08. The van der Waals surface area contributed by atoms with E-state index in [2.05, 4.69) is 4.98 Å². The standard InChI is InChI=1S/C14H16N2O3/c1-9(17)8-16(2)13-7-12(14(18)19)15-11-6-4-3-5-10(11)13/h3-7,9,17H,8H2,1-2H3,(H,18,19). The Kier molecular flexibility index (Phi) is 3.66. The minimum absolute atomic E-state index is 0.00569. The summed E-state index contributed by atoms with van der Waals surface area (Å²) in [4.78, 5) is 17.1. The lowest BCUT2D eigenvalue weighted by atomic mass is 10.1. The van der Waals surface area contributed by atoms with E-state index in [9.17, 15) is 9.90 Å². The van der Waals surface area contributed by atoms with Crippen molar-refractivity contribution >= 4 is 22.6 Å². The average Bonchev–Trinajstić information content (AvgIpc) is 2.36. The minimum atomic E-state index is -1.06. The van der Waals surface area contributed by atoms with Gasteiger partial charge in [-0.2, -0.15) is 0 Å². The van der Waals surface area contributed by atoms with Crippen molar-refractivity contribution in [1.82, 2.24) is 4.98 Å². The highest BCUT2D eigenvalue weighted by Crippen LogP contribution is 2.26. The Balaban J connectivity index is 2.59. The minimum Gasteiger partial charge on any atom is -0.477 e. The Bertz CT molecular complexity index is 611.